The lowest BCUT2D eigenvalue weighted by molar-refractivity contribution is 0.580. The van der Waals surface area contributed by atoms with E-state index < -0.39 is 10.3 Å². The summed E-state index contributed by atoms with van der Waals surface area (Å²) in [4.78, 5) is 0. The summed E-state index contributed by atoms with van der Waals surface area (Å²) in [7, 11) is 2.16. The van der Waals surface area contributed by atoms with Gasteiger partial charge in [-0.1, -0.05) is 0 Å². The van der Waals surface area contributed by atoms with Crippen LogP contribution in [0.1, 0.15) is 27.7 Å². The standard InChI is InChI=1S/2C3H7N.ClHO2S.ClH/c2*1-3(2)4;1-4(2)3;/h2*4H,1-2H3;(H,2,3);1H. The Labute approximate surface area is 92.3 Å². The van der Waals surface area contributed by atoms with Crippen molar-refractivity contribution < 1.29 is 8.76 Å². The van der Waals surface area contributed by atoms with Crippen LogP contribution in [0.3, 0.4) is 0 Å². The third-order valence-corrected chi connectivity index (χ3v) is 0. The predicted molar refractivity (Wildman–Crippen MR) is 62.0 cm³/mol. The van der Waals surface area contributed by atoms with Crippen molar-refractivity contribution in [2.75, 3.05) is 0 Å². The smallest absolute Gasteiger partial charge is 0.253 e. The van der Waals surface area contributed by atoms with Gasteiger partial charge in [0.05, 0.1) is 0 Å². The van der Waals surface area contributed by atoms with Gasteiger partial charge in [-0.2, -0.15) is 0 Å². The van der Waals surface area contributed by atoms with Crippen LogP contribution < -0.4 is 0 Å². The molecule has 1 unspecified atom stereocenters. The molecule has 0 aromatic heterocycles. The van der Waals surface area contributed by atoms with E-state index in [1.807, 2.05) is 0 Å². The highest BCUT2D eigenvalue weighted by Crippen LogP contribution is 1.72. The Kier molecular flexibility index (Phi) is 31.9. The molecular formula is C6H16Cl2N2O2S. The molecule has 0 rings (SSSR count). The zero-order chi connectivity index (χ0) is 10.7. The Balaban J connectivity index is -0.0000000450. The van der Waals surface area contributed by atoms with Crippen molar-refractivity contribution in [3.63, 3.8) is 0 Å². The van der Waals surface area contributed by atoms with Crippen molar-refractivity contribution in [2.24, 2.45) is 0 Å². The average molecular weight is 251 g/mol. The monoisotopic (exact) mass is 250 g/mol. The second kappa shape index (κ2) is 17.9. The fourth-order valence-corrected chi connectivity index (χ4v) is 0. The molecule has 0 spiro atoms. The SMILES string of the molecule is CC(C)=N.CC(C)=N.Cl.O=S(O)Cl. The van der Waals surface area contributed by atoms with Gasteiger partial charge in [0.15, 0.2) is 0 Å². The molecule has 0 saturated heterocycles. The van der Waals surface area contributed by atoms with Gasteiger partial charge in [0.2, 0.25) is 0 Å². The first-order chi connectivity index (χ1) is 5.20. The molecule has 0 aliphatic rings. The van der Waals surface area contributed by atoms with Crippen molar-refractivity contribution in [2.45, 2.75) is 27.7 Å². The zero-order valence-electron chi connectivity index (χ0n) is 8.05. The maximum absolute atomic E-state index is 8.88. The Hall–Kier alpha value is 0.0300. The fourth-order valence-electron chi connectivity index (χ4n) is 0. The van der Waals surface area contributed by atoms with Gasteiger partial charge in [0.1, 0.15) is 0 Å². The third-order valence-electron chi connectivity index (χ3n) is 0. The second-order valence-corrected chi connectivity index (χ2v) is 3.41. The highest BCUT2D eigenvalue weighted by Gasteiger charge is 1.65. The van der Waals surface area contributed by atoms with Gasteiger partial charge in [-0.3, -0.25) is 4.55 Å². The van der Waals surface area contributed by atoms with E-state index in [-0.39, 0.29) is 12.4 Å². The van der Waals surface area contributed by atoms with Gasteiger partial charge in [0, 0.05) is 22.1 Å². The summed E-state index contributed by atoms with van der Waals surface area (Å²) < 4.78 is 16.2. The lowest BCUT2D eigenvalue weighted by atomic mass is 10.5. The third kappa shape index (κ3) is 1340000. The lowest BCUT2D eigenvalue weighted by Crippen LogP contribution is -1.67. The van der Waals surface area contributed by atoms with E-state index in [0.29, 0.717) is 11.4 Å². The van der Waals surface area contributed by atoms with E-state index in [2.05, 4.69) is 10.7 Å². The molecule has 0 saturated carbocycles. The molecule has 1 atom stereocenters. The highest BCUT2D eigenvalue weighted by molar-refractivity contribution is 8.03. The average Bonchev–Trinajstić information content (AvgIpc) is 1.54. The van der Waals surface area contributed by atoms with Crippen LogP contribution in [-0.2, 0) is 10.3 Å². The Morgan fingerprint density at radius 1 is 1.15 bits per heavy atom. The normalized spacial score (nSPS) is 8.77. The molecule has 0 aromatic carbocycles. The minimum Gasteiger partial charge on any atom is -0.310 e. The van der Waals surface area contributed by atoms with Crippen LogP contribution in [-0.4, -0.2) is 20.2 Å². The first-order valence-corrected chi connectivity index (χ1v) is 4.94. The van der Waals surface area contributed by atoms with Crippen LogP contribution in [0, 0.1) is 10.8 Å². The summed E-state index contributed by atoms with van der Waals surface area (Å²) in [5.41, 5.74) is 1.33. The van der Waals surface area contributed by atoms with E-state index in [1.54, 1.807) is 27.7 Å². The van der Waals surface area contributed by atoms with Gasteiger partial charge >= 0.3 is 0 Å². The van der Waals surface area contributed by atoms with Crippen LogP contribution in [0.25, 0.3) is 0 Å². The predicted octanol–water partition coefficient (Wildman–Crippen LogP) is 2.88. The topological polar surface area (TPSA) is 85.0 Å². The molecule has 0 fully saturated rings. The molecule has 0 bridgehead atoms. The lowest BCUT2D eigenvalue weighted by Gasteiger charge is -1.63. The molecule has 0 heterocycles. The maximum Gasteiger partial charge on any atom is 0.253 e. The van der Waals surface area contributed by atoms with Crippen LogP contribution in [0.2, 0.25) is 0 Å². The van der Waals surface area contributed by atoms with Crippen LogP contribution >= 0.6 is 23.1 Å². The molecule has 7 heteroatoms. The Morgan fingerprint density at radius 2 is 1.15 bits per heavy atom. The summed E-state index contributed by atoms with van der Waals surface area (Å²) >= 11 is 0. The van der Waals surface area contributed by atoms with E-state index in [0.717, 1.165) is 0 Å². The summed E-state index contributed by atoms with van der Waals surface area (Å²) in [6, 6.07) is 0. The van der Waals surface area contributed by atoms with Gasteiger partial charge in [-0.25, -0.2) is 4.21 Å². The highest BCUT2D eigenvalue weighted by atomic mass is 35.7. The molecule has 82 valence electrons. The summed E-state index contributed by atoms with van der Waals surface area (Å²) in [6.45, 7) is 7.00. The quantitative estimate of drug-likeness (QED) is 0.351. The minimum absolute atomic E-state index is 0. The van der Waals surface area contributed by atoms with Gasteiger partial charge in [-0.05, 0) is 27.7 Å². The van der Waals surface area contributed by atoms with Crippen LogP contribution in [0.15, 0.2) is 0 Å². The molecule has 4 nitrogen and oxygen atoms in total. The number of halogens is 2. The molecule has 0 aliphatic heterocycles. The molecule has 0 radical (unpaired) electrons. The summed E-state index contributed by atoms with van der Waals surface area (Å²) in [6.07, 6.45) is 0. The minimum atomic E-state index is -2.14. The van der Waals surface area contributed by atoms with Gasteiger partial charge in [0.25, 0.3) is 10.3 Å². The number of nitrogens with one attached hydrogen (secondary N) is 2. The maximum atomic E-state index is 8.88. The van der Waals surface area contributed by atoms with Crippen molar-refractivity contribution in [3.8, 4) is 0 Å². The number of hydrogen-bond acceptors (Lipinski definition) is 3. The first kappa shape index (κ1) is 23.1. The molecular weight excluding hydrogens is 235 g/mol. The second-order valence-electron chi connectivity index (χ2n) is 2.21. The van der Waals surface area contributed by atoms with Crippen LogP contribution in [0.4, 0.5) is 0 Å². The molecule has 0 aliphatic carbocycles. The first-order valence-electron chi connectivity index (χ1n) is 3.00. The zero-order valence-corrected chi connectivity index (χ0v) is 10.4. The number of rotatable bonds is 0. The number of hydrogen-bond donors (Lipinski definition) is 3. The van der Waals surface area contributed by atoms with Crippen molar-refractivity contribution >= 4 is 44.8 Å². The van der Waals surface area contributed by atoms with Crippen molar-refractivity contribution in [3.05, 3.63) is 0 Å². The van der Waals surface area contributed by atoms with E-state index in [1.165, 1.54) is 0 Å². The van der Waals surface area contributed by atoms with E-state index in [9.17, 15) is 0 Å². The molecule has 3 N–H and O–H groups in total. The molecule has 0 aromatic rings. The Morgan fingerprint density at radius 3 is 1.15 bits per heavy atom. The van der Waals surface area contributed by atoms with E-state index >= 15 is 0 Å². The van der Waals surface area contributed by atoms with Crippen LogP contribution in [0.5, 0.6) is 0 Å². The Bertz CT molecular complexity index is 124. The fraction of sp³-hybridized carbons (Fsp3) is 0.667. The summed E-state index contributed by atoms with van der Waals surface area (Å²) in [5.74, 6) is 0. The summed E-state index contributed by atoms with van der Waals surface area (Å²) in [5, 5.41) is 13.0. The molecule has 0 amide bonds. The van der Waals surface area contributed by atoms with Gasteiger partial charge in [-0.15, -0.1) is 12.4 Å². The van der Waals surface area contributed by atoms with Crippen molar-refractivity contribution in [1.29, 1.82) is 10.8 Å². The van der Waals surface area contributed by atoms with E-state index in [4.69, 9.17) is 19.6 Å². The largest absolute Gasteiger partial charge is 0.310 e. The molecule has 13 heavy (non-hydrogen) atoms. The van der Waals surface area contributed by atoms with Crippen molar-refractivity contribution in [1.82, 2.24) is 0 Å². The van der Waals surface area contributed by atoms with Gasteiger partial charge < -0.3 is 10.8 Å².